The second kappa shape index (κ2) is 9.08. The molecular weight excluding hydrogens is 296 g/mol. The third-order valence-corrected chi connectivity index (χ3v) is 4.12. The molecule has 1 N–H and O–H groups in total. The second-order valence-electron chi connectivity index (χ2n) is 5.95. The van der Waals surface area contributed by atoms with Crippen molar-refractivity contribution >= 4 is 0 Å². The fourth-order valence-electron chi connectivity index (χ4n) is 2.68. The third-order valence-electron chi connectivity index (χ3n) is 4.12. The van der Waals surface area contributed by atoms with Crippen LogP contribution in [0.25, 0.3) is 0 Å². The van der Waals surface area contributed by atoms with Gasteiger partial charge in [0.05, 0.1) is 33.5 Å². The van der Waals surface area contributed by atoms with Gasteiger partial charge in [-0.15, -0.1) is 0 Å². The minimum absolute atomic E-state index is 0.312. The fourth-order valence-corrected chi connectivity index (χ4v) is 2.68. The molecule has 1 aliphatic rings. The highest BCUT2D eigenvalue weighted by molar-refractivity contribution is 5.39. The summed E-state index contributed by atoms with van der Waals surface area (Å²) in [4.78, 5) is 4.58. The van der Waals surface area contributed by atoms with E-state index < -0.39 is 6.10 Å². The number of nitrogens with zero attached hydrogens (tertiary/aromatic N) is 2. The number of aliphatic hydroxyl groups is 1. The van der Waals surface area contributed by atoms with E-state index in [0.717, 1.165) is 43.2 Å². The van der Waals surface area contributed by atoms with Crippen LogP contribution in [-0.2, 0) is 11.3 Å². The number of hydrogen-bond acceptors (Lipinski definition) is 6. The van der Waals surface area contributed by atoms with Crippen LogP contribution in [0.2, 0.25) is 0 Å². The summed E-state index contributed by atoms with van der Waals surface area (Å²) < 4.78 is 16.2. The minimum atomic E-state index is -0.477. The van der Waals surface area contributed by atoms with Crippen molar-refractivity contribution in [2.45, 2.75) is 12.7 Å². The van der Waals surface area contributed by atoms with Gasteiger partial charge in [0, 0.05) is 38.3 Å². The maximum atomic E-state index is 10.1. The predicted molar refractivity (Wildman–Crippen MR) is 89.1 cm³/mol. The van der Waals surface area contributed by atoms with Gasteiger partial charge in [-0.3, -0.25) is 4.90 Å². The third kappa shape index (κ3) is 5.66. The molecule has 1 aromatic rings. The van der Waals surface area contributed by atoms with E-state index in [1.165, 1.54) is 0 Å². The van der Waals surface area contributed by atoms with Crippen LogP contribution in [0.5, 0.6) is 11.5 Å². The molecule has 6 heteroatoms. The summed E-state index contributed by atoms with van der Waals surface area (Å²) in [7, 11) is 5.39. The summed E-state index contributed by atoms with van der Waals surface area (Å²) in [5, 5.41) is 10.1. The highest BCUT2D eigenvalue weighted by atomic mass is 16.5. The van der Waals surface area contributed by atoms with Gasteiger partial charge in [0.1, 0.15) is 11.5 Å². The summed E-state index contributed by atoms with van der Waals surface area (Å²) in [6, 6.07) is 5.61. The molecule has 0 aromatic heterocycles. The lowest BCUT2D eigenvalue weighted by atomic mass is 10.2. The zero-order chi connectivity index (χ0) is 16.7. The van der Waals surface area contributed by atoms with Crippen LogP contribution in [0.15, 0.2) is 18.2 Å². The molecule has 0 amide bonds. The molecule has 1 saturated heterocycles. The van der Waals surface area contributed by atoms with E-state index in [1.54, 1.807) is 14.2 Å². The van der Waals surface area contributed by atoms with Crippen LogP contribution < -0.4 is 9.47 Å². The Hall–Kier alpha value is -1.34. The molecule has 1 fully saturated rings. The average molecular weight is 324 g/mol. The lowest BCUT2D eigenvalue weighted by molar-refractivity contribution is 0.00252. The average Bonchev–Trinajstić information content (AvgIpc) is 2.57. The second-order valence-corrected chi connectivity index (χ2v) is 5.95. The monoisotopic (exact) mass is 324 g/mol. The number of aliphatic hydroxyl groups excluding tert-OH is 1. The number of piperazine rings is 1. The van der Waals surface area contributed by atoms with Gasteiger partial charge in [-0.2, -0.15) is 0 Å². The largest absolute Gasteiger partial charge is 0.497 e. The van der Waals surface area contributed by atoms with Crippen molar-refractivity contribution in [3.05, 3.63) is 23.8 Å². The molecule has 0 saturated carbocycles. The molecule has 6 nitrogen and oxygen atoms in total. The molecule has 130 valence electrons. The van der Waals surface area contributed by atoms with Crippen molar-refractivity contribution in [1.82, 2.24) is 9.80 Å². The maximum Gasteiger partial charge on any atom is 0.124 e. The summed E-state index contributed by atoms with van der Waals surface area (Å²) in [5.41, 5.74) is 0.915. The number of methoxy groups -OCH3 is 2. The molecular formula is C17H28N2O4. The molecule has 1 aromatic carbocycles. The first-order valence-electron chi connectivity index (χ1n) is 8.00. The first-order valence-corrected chi connectivity index (χ1v) is 8.00. The lowest BCUT2D eigenvalue weighted by Crippen LogP contribution is -2.47. The van der Waals surface area contributed by atoms with Gasteiger partial charge in [-0.1, -0.05) is 0 Å². The lowest BCUT2D eigenvalue weighted by Gasteiger charge is -2.33. The molecule has 23 heavy (non-hydrogen) atoms. The number of benzene rings is 1. The molecule has 0 unspecified atom stereocenters. The van der Waals surface area contributed by atoms with Crippen LogP contribution >= 0.6 is 0 Å². The van der Waals surface area contributed by atoms with E-state index in [0.29, 0.717) is 19.8 Å². The standard InChI is InChI=1S/C17H28N2O4/c1-18-6-8-19(9-7-18)11-15(20)13-23-12-14-10-16(21-2)4-5-17(14)22-3/h4-5,10,15,20H,6-9,11-13H2,1-3H3/t15-/m1/s1. The Morgan fingerprint density at radius 1 is 1.13 bits per heavy atom. The minimum Gasteiger partial charge on any atom is -0.497 e. The van der Waals surface area contributed by atoms with Gasteiger partial charge >= 0.3 is 0 Å². The predicted octanol–water partition coefficient (Wildman–Crippen LogP) is 0.829. The quantitative estimate of drug-likeness (QED) is 0.764. The van der Waals surface area contributed by atoms with Crippen molar-refractivity contribution in [3.63, 3.8) is 0 Å². The zero-order valence-electron chi connectivity index (χ0n) is 14.3. The first kappa shape index (κ1) is 18.0. The van der Waals surface area contributed by atoms with E-state index in [1.807, 2.05) is 18.2 Å². The van der Waals surface area contributed by atoms with Gasteiger partial charge in [0.2, 0.25) is 0 Å². The summed E-state index contributed by atoms with van der Waals surface area (Å²) in [6.45, 7) is 5.45. The molecule has 0 aliphatic carbocycles. The summed E-state index contributed by atoms with van der Waals surface area (Å²) in [6.07, 6.45) is -0.477. The van der Waals surface area contributed by atoms with Crippen LogP contribution in [0.4, 0.5) is 0 Å². The van der Waals surface area contributed by atoms with Gasteiger partial charge < -0.3 is 24.2 Å². The van der Waals surface area contributed by atoms with E-state index in [-0.39, 0.29) is 0 Å². The van der Waals surface area contributed by atoms with E-state index >= 15 is 0 Å². The molecule has 2 rings (SSSR count). The zero-order valence-corrected chi connectivity index (χ0v) is 14.3. The van der Waals surface area contributed by atoms with Crippen molar-refractivity contribution < 1.29 is 19.3 Å². The topological polar surface area (TPSA) is 54.4 Å². The van der Waals surface area contributed by atoms with Crippen molar-refractivity contribution in [2.75, 3.05) is 60.6 Å². The summed E-state index contributed by atoms with van der Waals surface area (Å²) >= 11 is 0. The van der Waals surface area contributed by atoms with Crippen LogP contribution in [-0.4, -0.2) is 81.6 Å². The molecule has 0 radical (unpaired) electrons. The van der Waals surface area contributed by atoms with Gasteiger partial charge in [-0.25, -0.2) is 0 Å². The molecule has 1 heterocycles. The van der Waals surface area contributed by atoms with E-state index in [2.05, 4.69) is 16.8 Å². The van der Waals surface area contributed by atoms with Crippen LogP contribution in [0, 0.1) is 0 Å². The Kier molecular flexibility index (Phi) is 7.11. The van der Waals surface area contributed by atoms with E-state index in [9.17, 15) is 5.11 Å². The first-order chi connectivity index (χ1) is 11.1. The highest BCUT2D eigenvalue weighted by Crippen LogP contribution is 2.24. The molecule has 1 aliphatic heterocycles. The fraction of sp³-hybridized carbons (Fsp3) is 0.647. The smallest absolute Gasteiger partial charge is 0.124 e. The van der Waals surface area contributed by atoms with Crippen molar-refractivity contribution in [3.8, 4) is 11.5 Å². The molecule has 0 bridgehead atoms. The molecule has 0 spiro atoms. The normalized spacial score (nSPS) is 17.9. The Morgan fingerprint density at radius 2 is 1.87 bits per heavy atom. The number of likely N-dealkylation sites (N-methyl/N-ethyl adjacent to an activating group) is 1. The van der Waals surface area contributed by atoms with Crippen LogP contribution in [0.1, 0.15) is 5.56 Å². The van der Waals surface area contributed by atoms with Crippen molar-refractivity contribution in [1.29, 1.82) is 0 Å². The SMILES string of the molecule is COc1ccc(OC)c(COC[C@H](O)CN2CCN(C)CC2)c1. The Morgan fingerprint density at radius 3 is 2.52 bits per heavy atom. The number of β-amino-alcohol motifs (C(OH)–C–C–N with tert-alkyl or cyclic N) is 1. The van der Waals surface area contributed by atoms with Crippen molar-refractivity contribution in [2.24, 2.45) is 0 Å². The van der Waals surface area contributed by atoms with E-state index in [4.69, 9.17) is 14.2 Å². The number of hydrogen-bond donors (Lipinski definition) is 1. The number of rotatable bonds is 8. The Labute approximate surface area is 138 Å². The molecule has 1 atom stereocenters. The number of ether oxygens (including phenoxy) is 3. The maximum absolute atomic E-state index is 10.1. The summed E-state index contributed by atoms with van der Waals surface area (Å²) in [5.74, 6) is 1.53. The van der Waals surface area contributed by atoms with Gasteiger partial charge in [0.15, 0.2) is 0 Å². The van der Waals surface area contributed by atoms with Gasteiger partial charge in [-0.05, 0) is 25.2 Å². The van der Waals surface area contributed by atoms with Gasteiger partial charge in [0.25, 0.3) is 0 Å². The Balaban J connectivity index is 1.75. The highest BCUT2D eigenvalue weighted by Gasteiger charge is 2.17. The van der Waals surface area contributed by atoms with Crippen LogP contribution in [0.3, 0.4) is 0 Å². The Bertz CT molecular complexity index is 476.